The van der Waals surface area contributed by atoms with E-state index < -0.39 is 0 Å². The van der Waals surface area contributed by atoms with Gasteiger partial charge in [0.15, 0.2) is 0 Å². The van der Waals surface area contributed by atoms with Crippen LogP contribution in [0, 0.1) is 13.8 Å². The van der Waals surface area contributed by atoms with Crippen LogP contribution in [0.4, 0.5) is 0 Å². The summed E-state index contributed by atoms with van der Waals surface area (Å²) < 4.78 is 4.98. The molecule has 0 aliphatic carbocycles. The minimum atomic E-state index is -0.351. The molecule has 0 spiro atoms. The molecule has 1 rings (SSSR count). The predicted molar refractivity (Wildman–Crippen MR) is 57.7 cm³/mol. The lowest BCUT2D eigenvalue weighted by molar-refractivity contribution is -0.131. The first-order valence-corrected chi connectivity index (χ1v) is 4.77. The summed E-state index contributed by atoms with van der Waals surface area (Å²) in [4.78, 5) is 10.8. The van der Waals surface area contributed by atoms with E-state index in [1.54, 1.807) is 12.1 Å². The molecule has 1 radical (unpaired) electrons. The van der Waals surface area contributed by atoms with Gasteiger partial charge in [0.1, 0.15) is 5.75 Å². The van der Waals surface area contributed by atoms with Gasteiger partial charge in [-0.1, -0.05) is 6.07 Å². The maximum absolute atomic E-state index is 10.8. The average molecular weight is 207 g/mol. The van der Waals surface area contributed by atoms with Gasteiger partial charge in [-0.3, -0.25) is 4.79 Å². The number of rotatable bonds is 3. The smallest absolute Gasteiger partial charge is 0.308 e. The predicted octanol–water partition coefficient (Wildman–Crippen LogP) is 1.83. The fourth-order valence-electron chi connectivity index (χ4n) is 1.34. The molecule has 0 heterocycles. The zero-order chi connectivity index (χ0) is 11.4. The second kappa shape index (κ2) is 4.94. The molecule has 1 N–H and O–H groups in total. The second-order valence-electron chi connectivity index (χ2n) is 3.55. The minimum absolute atomic E-state index is 0.0248. The Labute approximate surface area is 89.7 Å². The van der Waals surface area contributed by atoms with Crippen LogP contribution in [0.3, 0.4) is 0 Å². The van der Waals surface area contributed by atoms with Crippen LogP contribution in [0.1, 0.15) is 24.0 Å². The Kier molecular flexibility index (Phi) is 3.86. The number of carbonyl (C=O) groups excluding carboxylic acids is 1. The highest BCUT2D eigenvalue weighted by Gasteiger charge is 2.07. The van der Waals surface area contributed by atoms with Crippen LogP contribution in [0.15, 0.2) is 18.2 Å². The highest BCUT2D eigenvalue weighted by Crippen LogP contribution is 2.22. The third kappa shape index (κ3) is 3.36. The summed E-state index contributed by atoms with van der Waals surface area (Å²) in [5.74, 6) is -0.0463. The van der Waals surface area contributed by atoms with E-state index in [2.05, 4.69) is 6.92 Å². The Bertz CT molecular complexity index is 358. The molecule has 15 heavy (non-hydrogen) atoms. The van der Waals surface area contributed by atoms with Gasteiger partial charge in [0.25, 0.3) is 0 Å². The van der Waals surface area contributed by atoms with Crippen LogP contribution in [-0.2, 0) is 4.79 Å². The number of hydrogen-bond donors (Lipinski definition) is 1. The third-order valence-electron chi connectivity index (χ3n) is 2.03. The van der Waals surface area contributed by atoms with Crippen molar-refractivity contribution in [1.29, 1.82) is 0 Å². The molecule has 0 fully saturated rings. The normalized spacial score (nSPS) is 12.3. The fourth-order valence-corrected chi connectivity index (χ4v) is 1.34. The quantitative estimate of drug-likeness (QED) is 0.607. The van der Waals surface area contributed by atoms with Gasteiger partial charge in [0.05, 0.1) is 0 Å². The van der Waals surface area contributed by atoms with E-state index in [-0.39, 0.29) is 18.5 Å². The monoisotopic (exact) mass is 207 g/mol. The number of aliphatic hydroxyl groups is 1. The molecule has 1 aromatic rings. The molecule has 0 saturated carbocycles. The van der Waals surface area contributed by atoms with Gasteiger partial charge in [0.2, 0.25) is 0 Å². The molecular formula is C12H15O3. The first kappa shape index (κ1) is 11.7. The van der Waals surface area contributed by atoms with Crippen molar-refractivity contribution in [3.05, 3.63) is 36.2 Å². The summed E-state index contributed by atoms with van der Waals surface area (Å²) in [6, 6.07) is 5.41. The first-order chi connectivity index (χ1) is 7.02. The fraction of sp³-hybridized carbons (Fsp3) is 0.333. The maximum Gasteiger partial charge on any atom is 0.308 e. The van der Waals surface area contributed by atoms with Gasteiger partial charge in [-0.05, 0) is 37.1 Å². The van der Waals surface area contributed by atoms with Crippen molar-refractivity contribution < 1.29 is 14.6 Å². The molecule has 1 unspecified atom stereocenters. The molecule has 0 aromatic heterocycles. The highest BCUT2D eigenvalue weighted by atomic mass is 16.5. The van der Waals surface area contributed by atoms with E-state index in [9.17, 15) is 4.79 Å². The Morgan fingerprint density at radius 1 is 1.53 bits per heavy atom. The van der Waals surface area contributed by atoms with E-state index in [1.807, 2.05) is 13.0 Å². The van der Waals surface area contributed by atoms with Gasteiger partial charge in [0, 0.05) is 19.4 Å². The number of hydrogen-bond acceptors (Lipinski definition) is 3. The summed E-state index contributed by atoms with van der Waals surface area (Å²) >= 11 is 0. The van der Waals surface area contributed by atoms with Crippen molar-refractivity contribution in [2.75, 3.05) is 6.61 Å². The number of ether oxygens (including phenoxy) is 1. The largest absolute Gasteiger partial charge is 0.427 e. The zero-order valence-corrected chi connectivity index (χ0v) is 8.99. The van der Waals surface area contributed by atoms with Gasteiger partial charge in [-0.25, -0.2) is 0 Å². The van der Waals surface area contributed by atoms with Crippen molar-refractivity contribution in [3.8, 4) is 5.75 Å². The van der Waals surface area contributed by atoms with E-state index in [4.69, 9.17) is 9.84 Å². The SMILES string of the molecule is [CH2]C(CO)c1cc(C)cc(OC(C)=O)c1. The maximum atomic E-state index is 10.8. The molecule has 0 amide bonds. The number of esters is 1. The second-order valence-corrected chi connectivity index (χ2v) is 3.55. The van der Waals surface area contributed by atoms with Crippen molar-refractivity contribution in [2.24, 2.45) is 0 Å². The number of aryl methyl sites for hydroxylation is 1. The molecule has 0 aliphatic heterocycles. The summed E-state index contributed by atoms with van der Waals surface area (Å²) in [7, 11) is 0. The molecule has 81 valence electrons. The molecule has 0 aliphatic rings. The third-order valence-corrected chi connectivity index (χ3v) is 2.03. The van der Waals surface area contributed by atoms with E-state index in [1.165, 1.54) is 6.92 Å². The Hall–Kier alpha value is -1.35. The van der Waals surface area contributed by atoms with Gasteiger partial charge in [-0.15, -0.1) is 0 Å². The van der Waals surface area contributed by atoms with Crippen molar-refractivity contribution in [2.45, 2.75) is 19.8 Å². The van der Waals surface area contributed by atoms with Crippen LogP contribution in [0.5, 0.6) is 5.75 Å². The standard InChI is InChI=1S/C12H15O3/c1-8-4-11(9(2)7-13)6-12(5-8)15-10(3)14/h4-6,9,13H,2,7H2,1,3H3. The first-order valence-electron chi connectivity index (χ1n) is 4.77. The zero-order valence-electron chi connectivity index (χ0n) is 8.99. The van der Waals surface area contributed by atoms with Crippen LogP contribution in [0.2, 0.25) is 0 Å². The molecule has 1 aromatic carbocycles. The minimum Gasteiger partial charge on any atom is -0.427 e. The van der Waals surface area contributed by atoms with E-state index in [0.29, 0.717) is 5.75 Å². The van der Waals surface area contributed by atoms with Gasteiger partial charge >= 0.3 is 5.97 Å². The summed E-state index contributed by atoms with van der Waals surface area (Å²) in [5, 5.41) is 8.98. The number of aliphatic hydroxyl groups excluding tert-OH is 1. The molecule has 0 saturated heterocycles. The Balaban J connectivity index is 2.99. The van der Waals surface area contributed by atoms with E-state index in [0.717, 1.165) is 11.1 Å². The molecule has 3 nitrogen and oxygen atoms in total. The molecule has 1 atom stereocenters. The summed E-state index contributed by atoms with van der Waals surface area (Å²) in [6.07, 6.45) is 0. The molecule has 0 bridgehead atoms. The average Bonchev–Trinajstić information content (AvgIpc) is 2.14. The molecular weight excluding hydrogens is 192 g/mol. The lowest BCUT2D eigenvalue weighted by Crippen LogP contribution is -2.04. The topological polar surface area (TPSA) is 46.5 Å². The van der Waals surface area contributed by atoms with Crippen LogP contribution in [0.25, 0.3) is 0 Å². The van der Waals surface area contributed by atoms with Crippen LogP contribution in [-0.4, -0.2) is 17.7 Å². The number of benzene rings is 1. The van der Waals surface area contributed by atoms with Crippen LogP contribution < -0.4 is 4.74 Å². The Morgan fingerprint density at radius 2 is 2.20 bits per heavy atom. The van der Waals surface area contributed by atoms with E-state index >= 15 is 0 Å². The lowest BCUT2D eigenvalue weighted by atomic mass is 10.00. The molecule has 3 heteroatoms. The highest BCUT2D eigenvalue weighted by molar-refractivity contribution is 5.69. The van der Waals surface area contributed by atoms with Crippen molar-refractivity contribution in [3.63, 3.8) is 0 Å². The van der Waals surface area contributed by atoms with Crippen molar-refractivity contribution >= 4 is 5.97 Å². The van der Waals surface area contributed by atoms with Crippen LogP contribution >= 0.6 is 0 Å². The van der Waals surface area contributed by atoms with Gasteiger partial charge < -0.3 is 9.84 Å². The summed E-state index contributed by atoms with van der Waals surface area (Å²) in [5.41, 5.74) is 1.85. The summed E-state index contributed by atoms with van der Waals surface area (Å²) in [6.45, 7) is 7.03. The number of carbonyl (C=O) groups is 1. The Morgan fingerprint density at radius 3 is 2.73 bits per heavy atom. The lowest BCUT2D eigenvalue weighted by Gasteiger charge is -2.11. The van der Waals surface area contributed by atoms with Gasteiger partial charge in [-0.2, -0.15) is 0 Å². The van der Waals surface area contributed by atoms with Crippen molar-refractivity contribution in [1.82, 2.24) is 0 Å².